The van der Waals surface area contributed by atoms with Crippen LogP contribution < -0.4 is 5.73 Å². The molecule has 2 heterocycles. The lowest BCUT2D eigenvalue weighted by Gasteiger charge is -1.99. The number of hydrogen-bond donors (Lipinski definition) is 2. The summed E-state index contributed by atoms with van der Waals surface area (Å²) in [6.07, 6.45) is 1.52. The van der Waals surface area contributed by atoms with Gasteiger partial charge in [-0.3, -0.25) is 14.0 Å². The molecule has 1 aromatic carbocycles. The van der Waals surface area contributed by atoms with Crippen molar-refractivity contribution in [2.75, 3.05) is 0 Å². The van der Waals surface area contributed by atoms with Gasteiger partial charge in [-0.25, -0.2) is 4.98 Å². The fourth-order valence-electron chi connectivity index (χ4n) is 2.35. The Balaban J connectivity index is 2.01. The van der Waals surface area contributed by atoms with Gasteiger partial charge in [0.25, 0.3) is 0 Å². The number of carboxylic acid groups (broad SMARTS) is 1. The summed E-state index contributed by atoms with van der Waals surface area (Å²) in [7, 11) is 0. The predicted octanol–water partition coefficient (Wildman–Crippen LogP) is 2.78. The number of nitrogens with zero attached hydrogens (tertiary/aromatic N) is 4. The van der Waals surface area contributed by atoms with Crippen LogP contribution in [0.1, 0.15) is 21.6 Å². The van der Waals surface area contributed by atoms with Gasteiger partial charge in [0.15, 0.2) is 5.82 Å². The smallest absolute Gasteiger partial charge is 0.309 e. The monoisotopic (exact) mass is 337 g/mol. The van der Waals surface area contributed by atoms with Crippen molar-refractivity contribution in [2.45, 2.75) is 13.3 Å². The number of pyridine rings is 1. The van der Waals surface area contributed by atoms with Crippen molar-refractivity contribution < 1.29 is 14.7 Å². The van der Waals surface area contributed by atoms with E-state index in [1.54, 1.807) is 34.9 Å². The van der Waals surface area contributed by atoms with E-state index in [2.05, 4.69) is 15.2 Å². The summed E-state index contributed by atoms with van der Waals surface area (Å²) in [4.78, 5) is 26.5. The number of amides is 1. The van der Waals surface area contributed by atoms with Gasteiger partial charge in [0.2, 0.25) is 5.91 Å². The molecule has 0 saturated carbocycles. The molecule has 0 aliphatic heterocycles. The van der Waals surface area contributed by atoms with Crippen molar-refractivity contribution in [2.24, 2.45) is 16.0 Å². The second kappa shape index (κ2) is 6.52. The summed E-state index contributed by atoms with van der Waals surface area (Å²) < 4.78 is 1.69. The van der Waals surface area contributed by atoms with Gasteiger partial charge in [0.05, 0.1) is 17.8 Å². The highest BCUT2D eigenvalue weighted by molar-refractivity contribution is 5.93. The number of carboxylic acids is 1. The number of primary amides is 1. The lowest BCUT2D eigenvalue weighted by Crippen LogP contribution is -2.10. The van der Waals surface area contributed by atoms with E-state index in [0.717, 1.165) is 5.56 Å². The molecule has 0 atom stereocenters. The van der Waals surface area contributed by atoms with Crippen molar-refractivity contribution in [1.82, 2.24) is 9.38 Å². The highest BCUT2D eigenvalue weighted by atomic mass is 16.4. The molecule has 0 aliphatic rings. The van der Waals surface area contributed by atoms with Crippen LogP contribution in [0.4, 0.5) is 11.5 Å². The summed E-state index contributed by atoms with van der Waals surface area (Å²) in [5, 5.41) is 17.4. The number of benzene rings is 1. The predicted molar refractivity (Wildman–Crippen MR) is 90.4 cm³/mol. The molecule has 3 rings (SSSR count). The Labute approximate surface area is 142 Å². The molecule has 2 aromatic heterocycles. The summed E-state index contributed by atoms with van der Waals surface area (Å²) in [5.41, 5.74) is 8.01. The number of azo groups is 1. The highest BCUT2D eigenvalue weighted by Gasteiger charge is 2.15. The largest absolute Gasteiger partial charge is 0.481 e. The molecule has 0 fully saturated rings. The standard InChI is InChI=1S/C17H15N5O3/c1-10-6-7-22-14(8-10)19-13(9-15(23)24)17(22)21-20-12-4-2-11(3-5-12)16(18)25/h2-8H,9H2,1H3,(H2,18,25)(H,23,24). The maximum absolute atomic E-state index is 11.1. The van der Waals surface area contributed by atoms with Crippen LogP contribution in [0.15, 0.2) is 52.8 Å². The quantitative estimate of drug-likeness (QED) is 0.695. The number of fused-ring (bicyclic) bond motifs is 1. The molecule has 25 heavy (non-hydrogen) atoms. The van der Waals surface area contributed by atoms with Crippen LogP contribution in [-0.4, -0.2) is 26.4 Å². The van der Waals surface area contributed by atoms with Gasteiger partial charge in [-0.2, -0.15) is 0 Å². The first-order chi connectivity index (χ1) is 11.9. The lowest BCUT2D eigenvalue weighted by molar-refractivity contribution is -0.136. The lowest BCUT2D eigenvalue weighted by atomic mass is 10.2. The Morgan fingerprint density at radius 1 is 1.20 bits per heavy atom. The fraction of sp³-hybridized carbons (Fsp3) is 0.118. The number of carbonyl (C=O) groups excluding carboxylic acids is 1. The Kier molecular flexibility index (Phi) is 4.25. The first-order valence-electron chi connectivity index (χ1n) is 7.45. The van der Waals surface area contributed by atoms with E-state index in [9.17, 15) is 9.59 Å². The zero-order chi connectivity index (χ0) is 18.0. The highest BCUT2D eigenvalue weighted by Crippen LogP contribution is 2.25. The normalized spacial score (nSPS) is 11.2. The molecule has 8 nitrogen and oxygen atoms in total. The summed E-state index contributed by atoms with van der Waals surface area (Å²) >= 11 is 0. The minimum absolute atomic E-state index is 0.254. The van der Waals surface area contributed by atoms with E-state index in [4.69, 9.17) is 10.8 Å². The van der Waals surface area contributed by atoms with Crippen LogP contribution in [0.2, 0.25) is 0 Å². The molecule has 0 radical (unpaired) electrons. The van der Waals surface area contributed by atoms with Crippen molar-refractivity contribution in [1.29, 1.82) is 0 Å². The molecule has 8 heteroatoms. The summed E-state index contributed by atoms with van der Waals surface area (Å²) in [6, 6.07) is 10.0. The van der Waals surface area contributed by atoms with Crippen LogP contribution in [-0.2, 0) is 11.2 Å². The third kappa shape index (κ3) is 3.52. The van der Waals surface area contributed by atoms with Gasteiger partial charge < -0.3 is 10.8 Å². The molecule has 0 bridgehead atoms. The zero-order valence-electron chi connectivity index (χ0n) is 13.4. The Bertz CT molecular complexity index is 989. The van der Waals surface area contributed by atoms with Gasteiger partial charge in [-0.05, 0) is 48.9 Å². The van der Waals surface area contributed by atoms with Crippen LogP contribution in [0, 0.1) is 6.92 Å². The number of imidazole rings is 1. The molecule has 3 aromatic rings. The number of rotatable bonds is 5. The fourth-order valence-corrected chi connectivity index (χ4v) is 2.35. The molecule has 0 unspecified atom stereocenters. The maximum Gasteiger partial charge on any atom is 0.309 e. The second-order valence-electron chi connectivity index (χ2n) is 5.50. The number of aryl methyl sites for hydroxylation is 1. The topological polar surface area (TPSA) is 122 Å². The molecule has 0 saturated heterocycles. The third-order valence-electron chi connectivity index (χ3n) is 3.56. The molecule has 1 amide bonds. The van der Waals surface area contributed by atoms with Crippen molar-refractivity contribution in [3.8, 4) is 0 Å². The van der Waals surface area contributed by atoms with Gasteiger partial charge in [-0.1, -0.05) is 0 Å². The van der Waals surface area contributed by atoms with Crippen LogP contribution in [0.25, 0.3) is 5.65 Å². The van der Waals surface area contributed by atoms with E-state index in [1.807, 2.05) is 19.1 Å². The summed E-state index contributed by atoms with van der Waals surface area (Å²) in [6.45, 7) is 1.92. The average Bonchev–Trinajstić information content (AvgIpc) is 2.88. The Morgan fingerprint density at radius 3 is 2.56 bits per heavy atom. The van der Waals surface area contributed by atoms with Crippen molar-refractivity contribution in [3.05, 3.63) is 59.4 Å². The molecular formula is C17H15N5O3. The van der Waals surface area contributed by atoms with Crippen LogP contribution >= 0.6 is 0 Å². The van der Waals surface area contributed by atoms with E-state index < -0.39 is 11.9 Å². The Morgan fingerprint density at radius 2 is 1.92 bits per heavy atom. The van der Waals surface area contributed by atoms with Gasteiger partial charge in [0.1, 0.15) is 5.65 Å². The van der Waals surface area contributed by atoms with Gasteiger partial charge in [0, 0.05) is 11.8 Å². The van der Waals surface area contributed by atoms with Gasteiger partial charge >= 0.3 is 5.97 Å². The van der Waals surface area contributed by atoms with Crippen LogP contribution in [0.5, 0.6) is 0 Å². The number of aromatic nitrogens is 2. The van der Waals surface area contributed by atoms with Gasteiger partial charge in [-0.15, -0.1) is 10.2 Å². The maximum atomic E-state index is 11.1. The zero-order valence-corrected chi connectivity index (χ0v) is 13.4. The minimum atomic E-state index is -0.998. The first-order valence-corrected chi connectivity index (χ1v) is 7.45. The van der Waals surface area contributed by atoms with E-state index in [-0.39, 0.29) is 6.42 Å². The van der Waals surface area contributed by atoms with E-state index in [1.165, 1.54) is 0 Å². The van der Waals surface area contributed by atoms with Crippen molar-refractivity contribution in [3.63, 3.8) is 0 Å². The number of carbonyl (C=O) groups is 2. The third-order valence-corrected chi connectivity index (χ3v) is 3.56. The number of hydrogen-bond acceptors (Lipinski definition) is 5. The second-order valence-corrected chi connectivity index (χ2v) is 5.50. The number of aliphatic carboxylic acids is 1. The molecule has 126 valence electrons. The number of nitrogens with two attached hydrogens (primary N) is 1. The van der Waals surface area contributed by atoms with E-state index >= 15 is 0 Å². The molecular weight excluding hydrogens is 322 g/mol. The van der Waals surface area contributed by atoms with Crippen molar-refractivity contribution >= 4 is 29.0 Å². The molecule has 3 N–H and O–H groups in total. The average molecular weight is 337 g/mol. The minimum Gasteiger partial charge on any atom is -0.481 e. The van der Waals surface area contributed by atoms with E-state index in [0.29, 0.717) is 28.4 Å². The summed E-state index contributed by atoms with van der Waals surface area (Å²) in [5.74, 6) is -1.16. The Hall–Kier alpha value is -3.55. The first kappa shape index (κ1) is 16.3. The van der Waals surface area contributed by atoms with Crippen LogP contribution in [0.3, 0.4) is 0 Å². The SMILES string of the molecule is Cc1ccn2c(N=Nc3ccc(C(N)=O)cc3)c(CC(=O)O)nc2c1. The molecule has 0 spiro atoms. The molecule has 0 aliphatic carbocycles.